The topological polar surface area (TPSA) is 60.2 Å². The number of carbonyl (C=O) groups is 1. The average molecular weight is 451 g/mol. The Balaban J connectivity index is 1.58. The Morgan fingerprint density at radius 2 is 1.84 bits per heavy atom. The molecule has 0 aliphatic carbocycles. The van der Waals surface area contributed by atoms with E-state index in [1.165, 1.54) is 11.8 Å². The first kappa shape index (κ1) is 21.1. The Kier molecular flexibility index (Phi) is 6.69. The molecule has 2 aromatic heterocycles. The molecule has 4 rings (SSSR count). The van der Waals surface area contributed by atoms with Gasteiger partial charge in [0, 0.05) is 13.6 Å². The summed E-state index contributed by atoms with van der Waals surface area (Å²) in [5.74, 6) is 1.74. The van der Waals surface area contributed by atoms with E-state index in [1.807, 2.05) is 83.7 Å². The van der Waals surface area contributed by atoms with Crippen LogP contribution in [0.4, 0.5) is 0 Å². The van der Waals surface area contributed by atoms with Crippen LogP contribution >= 0.6 is 23.1 Å². The fourth-order valence-electron chi connectivity index (χ4n) is 3.14. The predicted molar refractivity (Wildman–Crippen MR) is 125 cm³/mol. The predicted octanol–water partition coefficient (Wildman–Crippen LogP) is 4.76. The molecule has 0 radical (unpaired) electrons. The van der Waals surface area contributed by atoms with Gasteiger partial charge in [0.1, 0.15) is 5.75 Å². The number of ether oxygens (including phenoxy) is 1. The van der Waals surface area contributed by atoms with Gasteiger partial charge in [0.2, 0.25) is 5.91 Å². The number of benzene rings is 2. The smallest absolute Gasteiger partial charge is 0.233 e. The largest absolute Gasteiger partial charge is 0.495 e. The second-order valence-corrected chi connectivity index (χ2v) is 8.71. The first-order chi connectivity index (χ1) is 15.2. The van der Waals surface area contributed by atoms with Crippen molar-refractivity contribution in [2.24, 2.45) is 0 Å². The number of hydrogen-bond acceptors (Lipinski definition) is 6. The van der Waals surface area contributed by atoms with Crippen molar-refractivity contribution >= 4 is 29.0 Å². The van der Waals surface area contributed by atoms with Gasteiger partial charge < -0.3 is 9.64 Å². The van der Waals surface area contributed by atoms with Crippen molar-refractivity contribution in [2.75, 3.05) is 19.9 Å². The van der Waals surface area contributed by atoms with Gasteiger partial charge in [-0.25, -0.2) is 0 Å². The molecule has 0 aliphatic heterocycles. The summed E-state index contributed by atoms with van der Waals surface area (Å²) < 4.78 is 7.53. The van der Waals surface area contributed by atoms with E-state index >= 15 is 0 Å². The first-order valence-corrected chi connectivity index (χ1v) is 11.6. The van der Waals surface area contributed by atoms with Crippen LogP contribution in [0.3, 0.4) is 0 Å². The van der Waals surface area contributed by atoms with Crippen LogP contribution in [0, 0.1) is 0 Å². The average Bonchev–Trinajstić information content (AvgIpc) is 3.47. The fourth-order valence-corrected chi connectivity index (χ4v) is 4.73. The molecule has 0 spiro atoms. The summed E-state index contributed by atoms with van der Waals surface area (Å²) >= 11 is 2.97. The molecular formula is C23H22N4O2S2. The minimum Gasteiger partial charge on any atom is -0.495 e. The van der Waals surface area contributed by atoms with Crippen LogP contribution in [0.5, 0.6) is 5.75 Å². The van der Waals surface area contributed by atoms with Gasteiger partial charge in [-0.3, -0.25) is 9.36 Å². The van der Waals surface area contributed by atoms with Crippen LogP contribution in [0.15, 0.2) is 77.3 Å². The van der Waals surface area contributed by atoms with Gasteiger partial charge in [0.25, 0.3) is 0 Å². The van der Waals surface area contributed by atoms with Gasteiger partial charge in [-0.2, -0.15) is 0 Å². The molecule has 0 atom stereocenters. The molecule has 2 heterocycles. The summed E-state index contributed by atoms with van der Waals surface area (Å²) in [5.41, 5.74) is 1.94. The summed E-state index contributed by atoms with van der Waals surface area (Å²) in [7, 11) is 3.46. The van der Waals surface area contributed by atoms with Gasteiger partial charge in [-0.1, -0.05) is 60.3 Å². The number of methoxy groups -OCH3 is 1. The van der Waals surface area contributed by atoms with Crippen LogP contribution in [0.1, 0.15) is 5.56 Å². The van der Waals surface area contributed by atoms with Crippen molar-refractivity contribution in [1.82, 2.24) is 19.7 Å². The third kappa shape index (κ3) is 4.81. The Labute approximate surface area is 189 Å². The van der Waals surface area contributed by atoms with Crippen LogP contribution < -0.4 is 4.74 Å². The Morgan fingerprint density at radius 3 is 2.58 bits per heavy atom. The minimum absolute atomic E-state index is 0.0288. The third-order valence-corrected chi connectivity index (χ3v) is 6.49. The SMILES string of the molecule is COc1ccccc1-n1c(SCC(=O)N(C)Cc2ccccc2)nnc1-c1cccs1. The van der Waals surface area contributed by atoms with Gasteiger partial charge in [0.15, 0.2) is 11.0 Å². The molecule has 158 valence electrons. The lowest BCUT2D eigenvalue weighted by atomic mass is 10.2. The number of carbonyl (C=O) groups excluding carboxylic acids is 1. The highest BCUT2D eigenvalue weighted by Crippen LogP contribution is 2.34. The lowest BCUT2D eigenvalue weighted by molar-refractivity contribution is -0.127. The van der Waals surface area contributed by atoms with Crippen molar-refractivity contribution < 1.29 is 9.53 Å². The van der Waals surface area contributed by atoms with Crippen LogP contribution in [0.25, 0.3) is 16.4 Å². The fraction of sp³-hybridized carbons (Fsp3) is 0.174. The van der Waals surface area contributed by atoms with Gasteiger partial charge in [0.05, 0.1) is 23.4 Å². The number of nitrogens with zero attached hydrogens (tertiary/aromatic N) is 4. The second kappa shape index (κ2) is 9.80. The van der Waals surface area contributed by atoms with Crippen molar-refractivity contribution in [3.63, 3.8) is 0 Å². The molecule has 0 unspecified atom stereocenters. The highest BCUT2D eigenvalue weighted by Gasteiger charge is 2.21. The molecule has 0 saturated carbocycles. The molecule has 8 heteroatoms. The van der Waals surface area contributed by atoms with E-state index in [2.05, 4.69) is 10.2 Å². The normalized spacial score (nSPS) is 10.8. The number of para-hydroxylation sites is 2. The molecule has 2 aromatic carbocycles. The van der Waals surface area contributed by atoms with Gasteiger partial charge in [-0.15, -0.1) is 21.5 Å². The van der Waals surface area contributed by atoms with E-state index in [4.69, 9.17) is 4.74 Å². The van der Waals surface area contributed by atoms with E-state index in [9.17, 15) is 4.79 Å². The molecule has 6 nitrogen and oxygen atoms in total. The van der Waals surface area contributed by atoms with Gasteiger partial charge in [-0.05, 0) is 29.1 Å². The Morgan fingerprint density at radius 1 is 1.06 bits per heavy atom. The molecule has 0 saturated heterocycles. The second-order valence-electron chi connectivity index (χ2n) is 6.81. The maximum absolute atomic E-state index is 12.8. The van der Waals surface area contributed by atoms with Crippen molar-refractivity contribution in [3.05, 3.63) is 77.7 Å². The standard InChI is InChI=1S/C23H22N4O2S2/c1-26(15-17-9-4-3-5-10-17)21(28)16-31-23-25-24-22(20-13-8-14-30-20)27(23)18-11-6-7-12-19(18)29-2/h3-14H,15-16H2,1-2H3. The first-order valence-electron chi connectivity index (χ1n) is 9.70. The highest BCUT2D eigenvalue weighted by atomic mass is 32.2. The van der Waals surface area contributed by atoms with Crippen molar-refractivity contribution in [3.8, 4) is 22.1 Å². The van der Waals surface area contributed by atoms with Crippen LogP contribution in [0.2, 0.25) is 0 Å². The number of aromatic nitrogens is 3. The number of amides is 1. The van der Waals surface area contributed by atoms with Gasteiger partial charge >= 0.3 is 0 Å². The minimum atomic E-state index is 0.0288. The van der Waals surface area contributed by atoms with Crippen LogP contribution in [-0.2, 0) is 11.3 Å². The quantitative estimate of drug-likeness (QED) is 0.363. The molecule has 0 aliphatic rings. The lowest BCUT2D eigenvalue weighted by Gasteiger charge is -2.17. The molecule has 1 amide bonds. The van der Waals surface area contributed by atoms with Crippen LogP contribution in [-0.4, -0.2) is 45.5 Å². The summed E-state index contributed by atoms with van der Waals surface area (Å²) in [5, 5.41) is 11.5. The summed E-state index contributed by atoms with van der Waals surface area (Å²) in [4.78, 5) is 15.5. The van der Waals surface area contributed by atoms with E-state index < -0.39 is 0 Å². The zero-order valence-electron chi connectivity index (χ0n) is 17.3. The number of thiophene rings is 1. The van der Waals surface area contributed by atoms with E-state index in [1.54, 1.807) is 23.3 Å². The molecule has 0 fully saturated rings. The molecule has 0 N–H and O–H groups in total. The molecule has 4 aromatic rings. The maximum Gasteiger partial charge on any atom is 0.233 e. The maximum atomic E-state index is 12.8. The van der Waals surface area contributed by atoms with E-state index in [0.29, 0.717) is 11.7 Å². The number of rotatable bonds is 8. The number of hydrogen-bond donors (Lipinski definition) is 0. The van der Waals surface area contributed by atoms with Crippen molar-refractivity contribution in [2.45, 2.75) is 11.7 Å². The Bertz CT molecular complexity index is 1140. The molecular weight excluding hydrogens is 428 g/mol. The molecule has 0 bridgehead atoms. The van der Waals surface area contributed by atoms with E-state index in [0.717, 1.165) is 27.7 Å². The summed E-state index contributed by atoms with van der Waals surface area (Å²) in [6.45, 7) is 0.569. The summed E-state index contributed by atoms with van der Waals surface area (Å²) in [6.07, 6.45) is 0. The number of thioether (sulfide) groups is 1. The Hall–Kier alpha value is -3.10. The molecule has 31 heavy (non-hydrogen) atoms. The zero-order chi connectivity index (χ0) is 21.6. The monoisotopic (exact) mass is 450 g/mol. The highest BCUT2D eigenvalue weighted by molar-refractivity contribution is 7.99. The zero-order valence-corrected chi connectivity index (χ0v) is 18.9. The van der Waals surface area contributed by atoms with Crippen molar-refractivity contribution in [1.29, 1.82) is 0 Å². The lowest BCUT2D eigenvalue weighted by Crippen LogP contribution is -2.27. The third-order valence-electron chi connectivity index (χ3n) is 4.71. The summed E-state index contributed by atoms with van der Waals surface area (Å²) in [6, 6.07) is 21.7. The van der Waals surface area contributed by atoms with E-state index in [-0.39, 0.29) is 11.7 Å².